The molecule has 0 saturated heterocycles. The molecule has 2 unspecified atom stereocenters. The third-order valence-electron chi connectivity index (χ3n) is 3.14. The Hall–Kier alpha value is -0.960. The molecular weight excluding hydrogens is 220 g/mol. The second kappa shape index (κ2) is 6.70. The maximum Gasteiger partial charge on any atom is 0.130 e. The molecule has 17 heavy (non-hydrogen) atoms. The molecule has 0 radical (unpaired) electrons. The first-order valence-electron chi connectivity index (χ1n) is 6.29. The molecule has 0 heterocycles. The Morgan fingerprint density at radius 2 is 1.76 bits per heavy atom. The number of halogens is 2. The van der Waals surface area contributed by atoms with Crippen LogP contribution in [0.15, 0.2) is 18.2 Å². The van der Waals surface area contributed by atoms with Gasteiger partial charge in [0.2, 0.25) is 0 Å². The van der Waals surface area contributed by atoms with E-state index < -0.39 is 11.6 Å². The summed E-state index contributed by atoms with van der Waals surface area (Å²) in [6.07, 6.45) is 1.83. The summed E-state index contributed by atoms with van der Waals surface area (Å²) in [7, 11) is 0. The van der Waals surface area contributed by atoms with Gasteiger partial charge in [0.05, 0.1) is 0 Å². The summed E-state index contributed by atoms with van der Waals surface area (Å²) in [5, 5.41) is 3.24. The van der Waals surface area contributed by atoms with Crippen LogP contribution in [0.2, 0.25) is 0 Å². The molecule has 0 bridgehead atoms. The van der Waals surface area contributed by atoms with Gasteiger partial charge in [-0.3, -0.25) is 0 Å². The molecule has 0 saturated carbocycles. The molecule has 0 spiro atoms. The van der Waals surface area contributed by atoms with Gasteiger partial charge in [-0.05, 0) is 31.0 Å². The van der Waals surface area contributed by atoms with Crippen LogP contribution < -0.4 is 5.32 Å². The summed E-state index contributed by atoms with van der Waals surface area (Å²) in [6.45, 7) is 6.85. The Bertz CT molecular complexity index is 332. The molecule has 0 fully saturated rings. The van der Waals surface area contributed by atoms with Gasteiger partial charge in [-0.15, -0.1) is 0 Å². The molecule has 1 N–H and O–H groups in total. The van der Waals surface area contributed by atoms with Gasteiger partial charge < -0.3 is 5.32 Å². The molecular formula is C14H21F2N. The lowest BCUT2D eigenvalue weighted by Gasteiger charge is -2.25. The van der Waals surface area contributed by atoms with E-state index in [1.54, 1.807) is 0 Å². The van der Waals surface area contributed by atoms with E-state index in [0.717, 1.165) is 19.4 Å². The minimum Gasteiger partial charge on any atom is -0.310 e. The molecule has 0 aromatic heterocycles. The van der Waals surface area contributed by atoms with E-state index in [1.165, 1.54) is 18.2 Å². The SMILES string of the molecule is CCCNC(c1c(F)cccc1F)C(C)CC. The van der Waals surface area contributed by atoms with Crippen LogP contribution in [-0.4, -0.2) is 6.54 Å². The fraction of sp³-hybridized carbons (Fsp3) is 0.571. The maximum absolute atomic E-state index is 13.7. The zero-order valence-corrected chi connectivity index (χ0v) is 10.8. The third-order valence-corrected chi connectivity index (χ3v) is 3.14. The van der Waals surface area contributed by atoms with Crippen LogP contribution in [0.25, 0.3) is 0 Å². The van der Waals surface area contributed by atoms with Crippen LogP contribution in [0.4, 0.5) is 8.78 Å². The van der Waals surface area contributed by atoms with Gasteiger partial charge in [-0.1, -0.05) is 33.3 Å². The predicted octanol–water partition coefficient (Wildman–Crippen LogP) is 4.05. The smallest absolute Gasteiger partial charge is 0.130 e. The van der Waals surface area contributed by atoms with Crippen molar-refractivity contribution >= 4 is 0 Å². The fourth-order valence-electron chi connectivity index (χ4n) is 1.93. The molecule has 96 valence electrons. The van der Waals surface area contributed by atoms with Crippen LogP contribution in [0, 0.1) is 17.6 Å². The monoisotopic (exact) mass is 241 g/mol. The van der Waals surface area contributed by atoms with Gasteiger partial charge in [0, 0.05) is 11.6 Å². The first-order valence-corrected chi connectivity index (χ1v) is 6.29. The highest BCUT2D eigenvalue weighted by Gasteiger charge is 2.23. The summed E-state index contributed by atoms with van der Waals surface area (Å²) in [5.74, 6) is -0.717. The second-order valence-electron chi connectivity index (χ2n) is 4.45. The lowest BCUT2D eigenvalue weighted by molar-refractivity contribution is 0.353. The lowest BCUT2D eigenvalue weighted by Crippen LogP contribution is -2.29. The van der Waals surface area contributed by atoms with Gasteiger partial charge in [0.25, 0.3) is 0 Å². The van der Waals surface area contributed by atoms with Gasteiger partial charge >= 0.3 is 0 Å². The Balaban J connectivity index is 3.03. The molecule has 1 rings (SSSR count). The Kier molecular flexibility index (Phi) is 5.56. The average Bonchev–Trinajstić information content (AvgIpc) is 2.32. The summed E-state index contributed by atoms with van der Waals surface area (Å²) in [6, 6.07) is 3.80. The fourth-order valence-corrected chi connectivity index (χ4v) is 1.93. The van der Waals surface area contributed by atoms with Crippen molar-refractivity contribution in [3.8, 4) is 0 Å². The summed E-state index contributed by atoms with van der Waals surface area (Å²) < 4.78 is 27.5. The van der Waals surface area contributed by atoms with Crippen LogP contribution in [0.1, 0.15) is 45.2 Å². The molecule has 3 heteroatoms. The highest BCUT2D eigenvalue weighted by Crippen LogP contribution is 2.28. The van der Waals surface area contributed by atoms with Crippen molar-refractivity contribution in [3.05, 3.63) is 35.4 Å². The van der Waals surface area contributed by atoms with E-state index in [-0.39, 0.29) is 17.5 Å². The van der Waals surface area contributed by atoms with E-state index >= 15 is 0 Å². The number of benzene rings is 1. The molecule has 0 aliphatic heterocycles. The summed E-state index contributed by atoms with van der Waals surface area (Å²) in [5.41, 5.74) is 0.176. The molecule has 1 nitrogen and oxygen atoms in total. The maximum atomic E-state index is 13.7. The van der Waals surface area contributed by atoms with E-state index in [2.05, 4.69) is 5.32 Å². The number of hydrogen-bond acceptors (Lipinski definition) is 1. The predicted molar refractivity (Wildman–Crippen MR) is 66.8 cm³/mol. The molecule has 0 aliphatic carbocycles. The van der Waals surface area contributed by atoms with Gasteiger partial charge in [-0.2, -0.15) is 0 Å². The Morgan fingerprint density at radius 1 is 1.18 bits per heavy atom. The molecule has 2 atom stereocenters. The molecule has 0 amide bonds. The van der Waals surface area contributed by atoms with Crippen molar-refractivity contribution in [1.82, 2.24) is 5.32 Å². The van der Waals surface area contributed by atoms with Crippen LogP contribution in [0.3, 0.4) is 0 Å². The lowest BCUT2D eigenvalue weighted by atomic mass is 9.91. The average molecular weight is 241 g/mol. The van der Waals surface area contributed by atoms with Gasteiger partial charge in [0.15, 0.2) is 0 Å². The zero-order chi connectivity index (χ0) is 12.8. The van der Waals surface area contributed by atoms with Crippen molar-refractivity contribution in [2.45, 2.75) is 39.7 Å². The van der Waals surface area contributed by atoms with Crippen molar-refractivity contribution in [1.29, 1.82) is 0 Å². The van der Waals surface area contributed by atoms with Crippen LogP contribution in [0.5, 0.6) is 0 Å². The second-order valence-corrected chi connectivity index (χ2v) is 4.45. The summed E-state index contributed by atoms with van der Waals surface area (Å²) >= 11 is 0. The number of nitrogens with one attached hydrogen (secondary N) is 1. The van der Waals surface area contributed by atoms with Crippen molar-refractivity contribution in [2.24, 2.45) is 5.92 Å². The molecule has 0 aliphatic rings. The van der Waals surface area contributed by atoms with E-state index in [9.17, 15) is 8.78 Å². The van der Waals surface area contributed by atoms with Crippen molar-refractivity contribution in [2.75, 3.05) is 6.54 Å². The quantitative estimate of drug-likeness (QED) is 0.792. The minimum absolute atomic E-state index is 0.176. The van der Waals surface area contributed by atoms with Crippen LogP contribution >= 0.6 is 0 Å². The van der Waals surface area contributed by atoms with Crippen molar-refractivity contribution < 1.29 is 8.78 Å². The number of hydrogen-bond donors (Lipinski definition) is 1. The largest absolute Gasteiger partial charge is 0.310 e. The van der Waals surface area contributed by atoms with Gasteiger partial charge in [-0.25, -0.2) is 8.78 Å². The summed E-state index contributed by atoms with van der Waals surface area (Å²) in [4.78, 5) is 0. The van der Waals surface area contributed by atoms with E-state index in [0.29, 0.717) is 0 Å². The highest BCUT2D eigenvalue weighted by molar-refractivity contribution is 5.24. The Labute approximate surface area is 102 Å². The first kappa shape index (κ1) is 14.1. The molecule has 1 aromatic carbocycles. The Morgan fingerprint density at radius 3 is 2.24 bits per heavy atom. The highest BCUT2D eigenvalue weighted by atomic mass is 19.1. The third kappa shape index (κ3) is 3.50. The minimum atomic E-state index is -0.459. The topological polar surface area (TPSA) is 12.0 Å². The van der Waals surface area contributed by atoms with E-state index in [1.807, 2.05) is 20.8 Å². The van der Waals surface area contributed by atoms with Gasteiger partial charge in [0.1, 0.15) is 11.6 Å². The van der Waals surface area contributed by atoms with Crippen LogP contribution in [-0.2, 0) is 0 Å². The zero-order valence-electron chi connectivity index (χ0n) is 10.8. The molecule has 1 aromatic rings. The standard InChI is InChI=1S/C14H21F2N/c1-4-9-17-14(10(3)5-2)13-11(15)7-6-8-12(13)16/h6-8,10,14,17H,4-5,9H2,1-3H3. The number of rotatable bonds is 6. The van der Waals surface area contributed by atoms with E-state index in [4.69, 9.17) is 0 Å². The van der Waals surface area contributed by atoms with Crippen molar-refractivity contribution in [3.63, 3.8) is 0 Å². The normalized spacial score (nSPS) is 14.6. The first-order chi connectivity index (χ1) is 8.11.